The van der Waals surface area contributed by atoms with E-state index in [1.807, 2.05) is 6.92 Å². The first kappa shape index (κ1) is 13.8. The minimum absolute atomic E-state index is 0.321. The fourth-order valence-corrected chi connectivity index (χ4v) is 3.03. The molecule has 2 rings (SSSR count). The molecule has 1 N–H and O–H groups in total. The van der Waals surface area contributed by atoms with Gasteiger partial charge in [0.05, 0.1) is 13.2 Å². The fraction of sp³-hybridized carbons (Fsp3) is 0.929. The molecule has 4 heteroatoms. The van der Waals surface area contributed by atoms with Crippen LogP contribution >= 0.6 is 0 Å². The summed E-state index contributed by atoms with van der Waals surface area (Å²) in [7, 11) is 0. The number of amidine groups is 1. The SMILES string of the molecule is CCOC1(C(=N)N2CCOCC2)CCC(C)CC1. The van der Waals surface area contributed by atoms with Crippen molar-refractivity contribution in [2.24, 2.45) is 5.92 Å². The highest BCUT2D eigenvalue weighted by atomic mass is 16.5. The molecule has 0 amide bonds. The summed E-state index contributed by atoms with van der Waals surface area (Å²) in [5.41, 5.74) is -0.321. The Bertz CT molecular complexity index is 280. The van der Waals surface area contributed by atoms with Crippen LogP contribution in [0.1, 0.15) is 39.5 Å². The Morgan fingerprint density at radius 2 is 1.94 bits per heavy atom. The van der Waals surface area contributed by atoms with E-state index >= 15 is 0 Å². The van der Waals surface area contributed by atoms with Crippen LogP contribution < -0.4 is 0 Å². The molecule has 2 fully saturated rings. The molecule has 0 bridgehead atoms. The van der Waals surface area contributed by atoms with E-state index in [1.165, 1.54) is 12.8 Å². The van der Waals surface area contributed by atoms with Crippen LogP contribution in [0.2, 0.25) is 0 Å². The standard InChI is InChI=1S/C14H26N2O2/c1-3-18-14(6-4-12(2)5-7-14)13(15)16-8-10-17-11-9-16/h12,15H,3-11H2,1-2H3. The maximum Gasteiger partial charge on any atom is 0.129 e. The second kappa shape index (κ2) is 6.02. The average molecular weight is 254 g/mol. The highest BCUT2D eigenvalue weighted by Crippen LogP contribution is 2.36. The van der Waals surface area contributed by atoms with Gasteiger partial charge in [0.1, 0.15) is 11.4 Å². The third kappa shape index (κ3) is 2.86. The lowest BCUT2D eigenvalue weighted by molar-refractivity contribution is -0.0338. The first-order chi connectivity index (χ1) is 8.68. The number of hydrogen-bond donors (Lipinski definition) is 1. The Morgan fingerprint density at radius 3 is 2.50 bits per heavy atom. The summed E-state index contributed by atoms with van der Waals surface area (Å²) in [6.45, 7) is 8.18. The van der Waals surface area contributed by atoms with E-state index in [0.717, 1.165) is 45.1 Å². The lowest BCUT2D eigenvalue weighted by Gasteiger charge is -2.44. The molecule has 1 saturated carbocycles. The van der Waals surface area contributed by atoms with Crippen molar-refractivity contribution in [3.05, 3.63) is 0 Å². The summed E-state index contributed by atoms with van der Waals surface area (Å²) in [6.07, 6.45) is 4.34. The molecule has 0 aromatic rings. The molecule has 0 atom stereocenters. The Labute approximate surface area is 110 Å². The van der Waals surface area contributed by atoms with Crippen LogP contribution in [0.15, 0.2) is 0 Å². The van der Waals surface area contributed by atoms with Gasteiger partial charge in [0.15, 0.2) is 0 Å². The molecule has 0 radical (unpaired) electrons. The first-order valence-electron chi connectivity index (χ1n) is 7.23. The number of rotatable bonds is 3. The molecule has 1 aliphatic carbocycles. The molecular formula is C14H26N2O2. The summed E-state index contributed by atoms with van der Waals surface area (Å²) in [4.78, 5) is 2.15. The highest BCUT2D eigenvalue weighted by Gasteiger charge is 2.41. The normalized spacial score (nSPS) is 33.4. The summed E-state index contributed by atoms with van der Waals surface area (Å²) >= 11 is 0. The Kier molecular flexibility index (Phi) is 4.62. The smallest absolute Gasteiger partial charge is 0.129 e. The zero-order valence-corrected chi connectivity index (χ0v) is 11.7. The van der Waals surface area contributed by atoms with Gasteiger partial charge in [0, 0.05) is 19.7 Å². The zero-order chi connectivity index (χ0) is 13.0. The van der Waals surface area contributed by atoms with Gasteiger partial charge in [-0.15, -0.1) is 0 Å². The first-order valence-corrected chi connectivity index (χ1v) is 7.23. The molecule has 1 heterocycles. The number of nitrogens with one attached hydrogen (secondary N) is 1. The van der Waals surface area contributed by atoms with Crippen molar-refractivity contribution in [3.8, 4) is 0 Å². The summed E-state index contributed by atoms with van der Waals surface area (Å²) in [5.74, 6) is 1.47. The van der Waals surface area contributed by atoms with Gasteiger partial charge in [0.2, 0.25) is 0 Å². The molecule has 0 unspecified atom stereocenters. The second-order valence-electron chi connectivity index (χ2n) is 5.56. The van der Waals surface area contributed by atoms with Crippen molar-refractivity contribution in [2.75, 3.05) is 32.9 Å². The van der Waals surface area contributed by atoms with Gasteiger partial charge in [-0.05, 0) is 38.5 Å². The van der Waals surface area contributed by atoms with Crippen LogP contribution in [0.5, 0.6) is 0 Å². The molecule has 2 aliphatic rings. The van der Waals surface area contributed by atoms with Gasteiger partial charge in [-0.2, -0.15) is 0 Å². The largest absolute Gasteiger partial charge is 0.378 e. The maximum absolute atomic E-state index is 8.54. The van der Waals surface area contributed by atoms with E-state index in [4.69, 9.17) is 14.9 Å². The Balaban J connectivity index is 2.05. The Hall–Kier alpha value is -0.610. The summed E-state index contributed by atoms with van der Waals surface area (Å²) in [6, 6.07) is 0. The monoisotopic (exact) mass is 254 g/mol. The van der Waals surface area contributed by atoms with Crippen molar-refractivity contribution in [2.45, 2.75) is 45.1 Å². The van der Waals surface area contributed by atoms with Crippen LogP contribution in [0.3, 0.4) is 0 Å². The second-order valence-corrected chi connectivity index (χ2v) is 5.56. The minimum Gasteiger partial charge on any atom is -0.378 e. The number of morpholine rings is 1. The predicted octanol–water partition coefficient (Wildman–Crippen LogP) is 2.28. The van der Waals surface area contributed by atoms with Crippen LogP contribution in [-0.2, 0) is 9.47 Å². The van der Waals surface area contributed by atoms with E-state index < -0.39 is 0 Å². The van der Waals surface area contributed by atoms with Gasteiger partial charge >= 0.3 is 0 Å². The lowest BCUT2D eigenvalue weighted by Crippen LogP contribution is -2.54. The molecule has 0 aromatic heterocycles. The lowest BCUT2D eigenvalue weighted by atomic mass is 9.78. The maximum atomic E-state index is 8.54. The van der Waals surface area contributed by atoms with Crippen molar-refractivity contribution < 1.29 is 9.47 Å². The average Bonchev–Trinajstić information content (AvgIpc) is 2.42. The highest BCUT2D eigenvalue weighted by molar-refractivity contribution is 5.88. The van der Waals surface area contributed by atoms with Crippen molar-refractivity contribution in [1.29, 1.82) is 5.41 Å². The molecular weight excluding hydrogens is 228 g/mol. The van der Waals surface area contributed by atoms with Gasteiger partial charge in [0.25, 0.3) is 0 Å². The van der Waals surface area contributed by atoms with Gasteiger partial charge in [-0.1, -0.05) is 6.92 Å². The van der Waals surface area contributed by atoms with Crippen LogP contribution in [0.25, 0.3) is 0 Å². The van der Waals surface area contributed by atoms with E-state index in [-0.39, 0.29) is 5.60 Å². The molecule has 104 valence electrons. The summed E-state index contributed by atoms with van der Waals surface area (Å²) in [5, 5.41) is 8.54. The van der Waals surface area contributed by atoms with Gasteiger partial charge < -0.3 is 14.4 Å². The van der Waals surface area contributed by atoms with Gasteiger partial charge in [-0.3, -0.25) is 5.41 Å². The van der Waals surface area contributed by atoms with Crippen LogP contribution in [0, 0.1) is 11.3 Å². The fourth-order valence-electron chi connectivity index (χ4n) is 3.03. The zero-order valence-electron chi connectivity index (χ0n) is 11.7. The van der Waals surface area contributed by atoms with Crippen LogP contribution in [-0.4, -0.2) is 49.2 Å². The topological polar surface area (TPSA) is 45.5 Å². The molecule has 1 saturated heterocycles. The van der Waals surface area contributed by atoms with E-state index in [0.29, 0.717) is 12.4 Å². The predicted molar refractivity (Wildman–Crippen MR) is 72.1 cm³/mol. The van der Waals surface area contributed by atoms with E-state index in [2.05, 4.69) is 11.8 Å². The third-order valence-electron chi connectivity index (χ3n) is 4.26. The Morgan fingerprint density at radius 1 is 1.33 bits per heavy atom. The quantitative estimate of drug-likeness (QED) is 0.621. The van der Waals surface area contributed by atoms with E-state index in [9.17, 15) is 0 Å². The van der Waals surface area contributed by atoms with Crippen molar-refractivity contribution in [3.63, 3.8) is 0 Å². The number of ether oxygens (including phenoxy) is 2. The third-order valence-corrected chi connectivity index (χ3v) is 4.26. The van der Waals surface area contributed by atoms with Crippen LogP contribution in [0.4, 0.5) is 0 Å². The molecule has 18 heavy (non-hydrogen) atoms. The molecule has 4 nitrogen and oxygen atoms in total. The number of hydrogen-bond acceptors (Lipinski definition) is 3. The molecule has 0 spiro atoms. The summed E-state index contributed by atoms with van der Waals surface area (Å²) < 4.78 is 11.4. The van der Waals surface area contributed by atoms with Crippen molar-refractivity contribution >= 4 is 5.84 Å². The van der Waals surface area contributed by atoms with E-state index in [1.54, 1.807) is 0 Å². The molecule has 0 aromatic carbocycles. The van der Waals surface area contributed by atoms with Gasteiger partial charge in [-0.25, -0.2) is 0 Å². The minimum atomic E-state index is -0.321. The number of nitrogens with zero attached hydrogens (tertiary/aromatic N) is 1. The molecule has 1 aliphatic heterocycles. The van der Waals surface area contributed by atoms with Crippen molar-refractivity contribution in [1.82, 2.24) is 4.90 Å².